The number of thioether (sulfide) groups is 1. The Labute approximate surface area is 136 Å². The van der Waals surface area contributed by atoms with Crippen molar-refractivity contribution in [3.63, 3.8) is 0 Å². The molecular formula is C17H14FNOS2. The van der Waals surface area contributed by atoms with Crippen LogP contribution in [0.5, 0.6) is 0 Å². The standard InChI is InChI=1S/C17H14FNOS2/c1-10-14-9-11(18)3-8-15(14)22-16(10)17(20)19-12-4-6-13(21-2)7-5-12/h3-9H,1-2H3,(H,19,20). The van der Waals surface area contributed by atoms with Crippen LogP contribution in [0, 0.1) is 12.7 Å². The van der Waals surface area contributed by atoms with Crippen LogP contribution in [0.25, 0.3) is 10.1 Å². The summed E-state index contributed by atoms with van der Waals surface area (Å²) in [5.74, 6) is -0.441. The summed E-state index contributed by atoms with van der Waals surface area (Å²) in [6, 6.07) is 12.3. The molecule has 0 spiro atoms. The zero-order valence-electron chi connectivity index (χ0n) is 12.1. The van der Waals surface area contributed by atoms with Crippen LogP contribution in [-0.4, -0.2) is 12.2 Å². The van der Waals surface area contributed by atoms with E-state index in [1.165, 1.54) is 23.5 Å². The fourth-order valence-corrected chi connectivity index (χ4v) is 3.76. The summed E-state index contributed by atoms with van der Waals surface area (Å²) in [5.41, 5.74) is 1.57. The number of rotatable bonds is 3. The summed E-state index contributed by atoms with van der Waals surface area (Å²) in [4.78, 5) is 14.2. The predicted molar refractivity (Wildman–Crippen MR) is 92.7 cm³/mol. The van der Waals surface area contributed by atoms with Crippen LogP contribution < -0.4 is 5.32 Å². The van der Waals surface area contributed by atoms with Gasteiger partial charge in [0.05, 0.1) is 4.88 Å². The van der Waals surface area contributed by atoms with Crippen LogP contribution in [-0.2, 0) is 0 Å². The Morgan fingerprint density at radius 2 is 1.91 bits per heavy atom. The smallest absolute Gasteiger partial charge is 0.266 e. The third-order valence-corrected chi connectivity index (χ3v) is 5.47. The highest BCUT2D eigenvalue weighted by molar-refractivity contribution is 7.98. The van der Waals surface area contributed by atoms with Crippen LogP contribution in [0.3, 0.4) is 0 Å². The average Bonchev–Trinajstić information content (AvgIpc) is 2.85. The summed E-state index contributed by atoms with van der Waals surface area (Å²) in [6.45, 7) is 1.85. The monoisotopic (exact) mass is 331 g/mol. The number of carbonyl (C=O) groups is 1. The number of halogens is 1. The molecule has 0 bridgehead atoms. The van der Waals surface area contributed by atoms with E-state index in [-0.39, 0.29) is 11.7 Å². The van der Waals surface area contributed by atoms with Gasteiger partial charge < -0.3 is 5.32 Å². The largest absolute Gasteiger partial charge is 0.321 e. The molecule has 0 unspecified atom stereocenters. The first-order valence-corrected chi connectivity index (χ1v) is 8.76. The molecule has 0 aliphatic heterocycles. The molecule has 1 heterocycles. The summed E-state index contributed by atoms with van der Waals surface area (Å²) < 4.78 is 14.3. The van der Waals surface area contributed by atoms with Crippen molar-refractivity contribution in [3.8, 4) is 0 Å². The summed E-state index contributed by atoms with van der Waals surface area (Å²) in [6.07, 6.45) is 2.01. The molecule has 3 aromatic rings. The van der Waals surface area contributed by atoms with Gasteiger partial charge in [-0.1, -0.05) is 0 Å². The molecule has 0 atom stereocenters. The number of amides is 1. The molecule has 0 aliphatic rings. The summed E-state index contributed by atoms with van der Waals surface area (Å²) >= 11 is 3.04. The number of hydrogen-bond acceptors (Lipinski definition) is 3. The Morgan fingerprint density at radius 1 is 1.18 bits per heavy atom. The van der Waals surface area contributed by atoms with E-state index in [9.17, 15) is 9.18 Å². The number of thiophene rings is 1. The van der Waals surface area contributed by atoms with E-state index >= 15 is 0 Å². The summed E-state index contributed by atoms with van der Waals surface area (Å²) in [5, 5.41) is 3.69. The fraction of sp³-hybridized carbons (Fsp3) is 0.118. The van der Waals surface area contributed by atoms with Crippen LogP contribution in [0.15, 0.2) is 47.4 Å². The molecule has 0 fully saturated rings. The molecule has 3 rings (SSSR count). The van der Waals surface area contributed by atoms with Gasteiger partial charge in [0.1, 0.15) is 5.82 Å². The van der Waals surface area contributed by atoms with Gasteiger partial charge in [-0.15, -0.1) is 23.1 Å². The highest BCUT2D eigenvalue weighted by atomic mass is 32.2. The molecule has 0 radical (unpaired) electrons. The fourth-order valence-electron chi connectivity index (χ4n) is 2.27. The van der Waals surface area contributed by atoms with Crippen molar-refractivity contribution in [2.75, 3.05) is 11.6 Å². The maximum absolute atomic E-state index is 13.3. The first kappa shape index (κ1) is 15.1. The summed E-state index contributed by atoms with van der Waals surface area (Å²) in [7, 11) is 0. The highest BCUT2D eigenvalue weighted by Crippen LogP contribution is 2.32. The van der Waals surface area contributed by atoms with Gasteiger partial charge in [0.15, 0.2) is 0 Å². The second kappa shape index (κ2) is 6.10. The number of fused-ring (bicyclic) bond motifs is 1. The minimum Gasteiger partial charge on any atom is -0.321 e. The predicted octanol–water partition coefficient (Wildman–Crippen LogP) is 5.32. The number of aryl methyl sites for hydroxylation is 1. The minimum atomic E-state index is -0.284. The molecule has 0 saturated carbocycles. The second-order valence-electron chi connectivity index (χ2n) is 4.88. The maximum atomic E-state index is 13.3. The molecule has 0 saturated heterocycles. The Kier molecular flexibility index (Phi) is 4.18. The zero-order chi connectivity index (χ0) is 15.7. The number of carbonyl (C=O) groups excluding carboxylic acids is 1. The number of benzene rings is 2. The first-order valence-electron chi connectivity index (χ1n) is 6.72. The average molecular weight is 331 g/mol. The van der Waals surface area contributed by atoms with E-state index in [1.807, 2.05) is 37.4 Å². The van der Waals surface area contributed by atoms with Crippen LogP contribution >= 0.6 is 23.1 Å². The quantitative estimate of drug-likeness (QED) is 0.658. The molecule has 1 amide bonds. The normalized spacial score (nSPS) is 10.9. The zero-order valence-corrected chi connectivity index (χ0v) is 13.8. The lowest BCUT2D eigenvalue weighted by atomic mass is 10.1. The van der Waals surface area contributed by atoms with Gasteiger partial charge in [-0.2, -0.15) is 0 Å². The molecule has 1 aromatic heterocycles. The van der Waals surface area contributed by atoms with Gasteiger partial charge in [0.2, 0.25) is 0 Å². The van der Waals surface area contributed by atoms with Crippen molar-refractivity contribution in [2.45, 2.75) is 11.8 Å². The molecule has 112 valence electrons. The Morgan fingerprint density at radius 3 is 2.59 bits per heavy atom. The van der Waals surface area contributed by atoms with Crippen LogP contribution in [0.1, 0.15) is 15.2 Å². The van der Waals surface area contributed by atoms with Gasteiger partial charge in [-0.3, -0.25) is 4.79 Å². The van der Waals surface area contributed by atoms with Crippen molar-refractivity contribution < 1.29 is 9.18 Å². The van der Waals surface area contributed by atoms with Crippen molar-refractivity contribution in [1.29, 1.82) is 0 Å². The lowest BCUT2D eigenvalue weighted by molar-refractivity contribution is 0.103. The van der Waals surface area contributed by atoms with Crippen molar-refractivity contribution in [1.82, 2.24) is 0 Å². The SMILES string of the molecule is CSc1ccc(NC(=O)c2sc3ccc(F)cc3c2C)cc1. The molecular weight excluding hydrogens is 317 g/mol. The Bertz CT molecular complexity index is 840. The maximum Gasteiger partial charge on any atom is 0.266 e. The Hall–Kier alpha value is -1.85. The molecule has 22 heavy (non-hydrogen) atoms. The molecule has 0 aliphatic carbocycles. The highest BCUT2D eigenvalue weighted by Gasteiger charge is 2.16. The lowest BCUT2D eigenvalue weighted by Gasteiger charge is -2.05. The number of hydrogen-bond donors (Lipinski definition) is 1. The van der Waals surface area contributed by atoms with Crippen molar-refractivity contribution >= 4 is 44.8 Å². The molecule has 2 aromatic carbocycles. The molecule has 1 N–H and O–H groups in total. The van der Waals surface area contributed by atoms with Crippen LogP contribution in [0.4, 0.5) is 10.1 Å². The first-order chi connectivity index (χ1) is 10.6. The van der Waals surface area contributed by atoms with E-state index in [1.54, 1.807) is 17.8 Å². The third kappa shape index (κ3) is 2.87. The van der Waals surface area contributed by atoms with Crippen molar-refractivity contribution in [3.05, 3.63) is 58.7 Å². The van der Waals surface area contributed by atoms with Crippen LogP contribution in [0.2, 0.25) is 0 Å². The Balaban J connectivity index is 1.89. The van der Waals surface area contributed by atoms with Gasteiger partial charge in [-0.05, 0) is 66.6 Å². The number of nitrogens with one attached hydrogen (secondary N) is 1. The van der Waals surface area contributed by atoms with E-state index in [0.717, 1.165) is 26.2 Å². The molecule has 5 heteroatoms. The topological polar surface area (TPSA) is 29.1 Å². The van der Waals surface area contributed by atoms with Gasteiger partial charge in [0.25, 0.3) is 5.91 Å². The van der Waals surface area contributed by atoms with E-state index in [2.05, 4.69) is 5.32 Å². The third-order valence-electron chi connectivity index (χ3n) is 3.45. The van der Waals surface area contributed by atoms with E-state index in [4.69, 9.17) is 0 Å². The van der Waals surface area contributed by atoms with Crippen molar-refractivity contribution in [2.24, 2.45) is 0 Å². The van der Waals surface area contributed by atoms with E-state index < -0.39 is 0 Å². The second-order valence-corrected chi connectivity index (χ2v) is 6.81. The lowest BCUT2D eigenvalue weighted by Crippen LogP contribution is -2.11. The van der Waals surface area contributed by atoms with E-state index in [0.29, 0.717) is 4.88 Å². The number of anilines is 1. The van der Waals surface area contributed by atoms with Gasteiger partial charge >= 0.3 is 0 Å². The molecule has 2 nitrogen and oxygen atoms in total. The minimum absolute atomic E-state index is 0.156. The van der Waals surface area contributed by atoms with Gasteiger partial charge in [-0.25, -0.2) is 4.39 Å². The van der Waals surface area contributed by atoms with Gasteiger partial charge in [0, 0.05) is 15.3 Å².